The summed E-state index contributed by atoms with van der Waals surface area (Å²) in [7, 11) is 0. The molecule has 2 aliphatic rings. The SMILES string of the molecule is CC(C)(C)C1CCN(CC2CCCN2)CC1. The number of hydrogen-bond acceptors (Lipinski definition) is 2. The van der Waals surface area contributed by atoms with Crippen LogP contribution in [0.2, 0.25) is 0 Å². The number of likely N-dealkylation sites (tertiary alicyclic amines) is 1. The Morgan fingerprint density at radius 3 is 2.31 bits per heavy atom. The molecule has 0 bridgehead atoms. The van der Waals surface area contributed by atoms with E-state index in [-0.39, 0.29) is 0 Å². The standard InChI is InChI=1S/C14H28N2/c1-14(2,3)12-6-9-16(10-7-12)11-13-5-4-8-15-13/h12-13,15H,4-11H2,1-3H3. The fraction of sp³-hybridized carbons (Fsp3) is 1.00. The van der Waals surface area contributed by atoms with Crippen molar-refractivity contribution in [1.29, 1.82) is 0 Å². The molecule has 2 aliphatic heterocycles. The molecule has 2 rings (SSSR count). The zero-order valence-electron chi connectivity index (χ0n) is 11.3. The molecule has 1 N–H and O–H groups in total. The third kappa shape index (κ3) is 3.21. The van der Waals surface area contributed by atoms with Crippen LogP contribution < -0.4 is 5.32 Å². The summed E-state index contributed by atoms with van der Waals surface area (Å²) in [6, 6.07) is 0.784. The normalized spacial score (nSPS) is 29.8. The monoisotopic (exact) mass is 224 g/mol. The summed E-state index contributed by atoms with van der Waals surface area (Å²) in [6.07, 6.45) is 5.56. The van der Waals surface area contributed by atoms with Crippen LogP contribution in [0.15, 0.2) is 0 Å². The highest BCUT2D eigenvalue weighted by molar-refractivity contribution is 4.84. The molecular formula is C14H28N2. The van der Waals surface area contributed by atoms with Crippen LogP contribution in [0.5, 0.6) is 0 Å². The van der Waals surface area contributed by atoms with E-state index in [0.29, 0.717) is 5.41 Å². The quantitative estimate of drug-likeness (QED) is 0.775. The summed E-state index contributed by atoms with van der Waals surface area (Å²) in [5.74, 6) is 0.931. The maximum Gasteiger partial charge on any atom is 0.0195 e. The first-order chi connectivity index (χ1) is 7.55. The van der Waals surface area contributed by atoms with Crippen LogP contribution in [0.3, 0.4) is 0 Å². The molecule has 0 aromatic carbocycles. The maximum absolute atomic E-state index is 3.60. The van der Waals surface area contributed by atoms with Crippen molar-refractivity contribution >= 4 is 0 Å². The van der Waals surface area contributed by atoms with Crippen LogP contribution in [0.25, 0.3) is 0 Å². The Morgan fingerprint density at radius 2 is 1.81 bits per heavy atom. The van der Waals surface area contributed by atoms with Crippen molar-refractivity contribution in [3.63, 3.8) is 0 Å². The van der Waals surface area contributed by atoms with Gasteiger partial charge in [0.15, 0.2) is 0 Å². The Hall–Kier alpha value is -0.0800. The van der Waals surface area contributed by atoms with Crippen LogP contribution in [0.4, 0.5) is 0 Å². The Morgan fingerprint density at radius 1 is 1.12 bits per heavy atom. The predicted molar refractivity (Wildman–Crippen MR) is 69.6 cm³/mol. The highest BCUT2D eigenvalue weighted by atomic mass is 15.2. The van der Waals surface area contributed by atoms with Crippen molar-refractivity contribution < 1.29 is 0 Å². The molecule has 2 heterocycles. The van der Waals surface area contributed by atoms with Gasteiger partial charge < -0.3 is 10.2 Å². The lowest BCUT2D eigenvalue weighted by Crippen LogP contribution is -2.43. The molecule has 1 unspecified atom stereocenters. The number of nitrogens with zero attached hydrogens (tertiary/aromatic N) is 1. The topological polar surface area (TPSA) is 15.3 Å². The zero-order valence-corrected chi connectivity index (χ0v) is 11.3. The second-order valence-electron chi connectivity index (χ2n) is 6.73. The summed E-state index contributed by atoms with van der Waals surface area (Å²) in [5.41, 5.74) is 0.512. The van der Waals surface area contributed by atoms with Crippen molar-refractivity contribution in [2.75, 3.05) is 26.2 Å². The number of rotatable bonds is 2. The largest absolute Gasteiger partial charge is 0.313 e. The van der Waals surface area contributed by atoms with Gasteiger partial charge in [-0.05, 0) is 56.7 Å². The van der Waals surface area contributed by atoms with Crippen molar-refractivity contribution in [3.05, 3.63) is 0 Å². The average Bonchev–Trinajstić information content (AvgIpc) is 2.70. The van der Waals surface area contributed by atoms with Gasteiger partial charge in [0.2, 0.25) is 0 Å². The van der Waals surface area contributed by atoms with E-state index in [1.165, 1.54) is 51.9 Å². The second-order valence-corrected chi connectivity index (χ2v) is 6.73. The molecule has 0 aromatic rings. The Balaban J connectivity index is 1.72. The lowest BCUT2D eigenvalue weighted by Gasteiger charge is -2.39. The van der Waals surface area contributed by atoms with Gasteiger partial charge in [-0.2, -0.15) is 0 Å². The smallest absolute Gasteiger partial charge is 0.0195 e. The van der Waals surface area contributed by atoms with Crippen LogP contribution >= 0.6 is 0 Å². The van der Waals surface area contributed by atoms with Gasteiger partial charge in [0.05, 0.1) is 0 Å². The van der Waals surface area contributed by atoms with E-state index in [1.807, 2.05) is 0 Å². The van der Waals surface area contributed by atoms with Crippen LogP contribution in [0, 0.1) is 11.3 Å². The van der Waals surface area contributed by atoms with Crippen LogP contribution in [0.1, 0.15) is 46.5 Å². The Bertz CT molecular complexity index is 205. The predicted octanol–water partition coefficient (Wildman–Crippen LogP) is 2.50. The van der Waals surface area contributed by atoms with Gasteiger partial charge in [0.25, 0.3) is 0 Å². The average molecular weight is 224 g/mol. The van der Waals surface area contributed by atoms with Gasteiger partial charge in [-0.15, -0.1) is 0 Å². The third-order valence-corrected chi connectivity index (χ3v) is 4.45. The van der Waals surface area contributed by atoms with Crippen molar-refractivity contribution in [2.24, 2.45) is 11.3 Å². The lowest BCUT2D eigenvalue weighted by atomic mass is 9.75. The summed E-state index contributed by atoms with van der Waals surface area (Å²) in [6.45, 7) is 12.4. The molecular weight excluding hydrogens is 196 g/mol. The minimum Gasteiger partial charge on any atom is -0.313 e. The maximum atomic E-state index is 3.60. The van der Waals surface area contributed by atoms with Crippen molar-refractivity contribution in [3.8, 4) is 0 Å². The molecule has 1 atom stereocenters. The molecule has 16 heavy (non-hydrogen) atoms. The van der Waals surface area contributed by atoms with E-state index in [2.05, 4.69) is 31.0 Å². The van der Waals surface area contributed by atoms with E-state index < -0.39 is 0 Å². The molecule has 2 fully saturated rings. The fourth-order valence-corrected chi connectivity index (χ4v) is 3.21. The van der Waals surface area contributed by atoms with Gasteiger partial charge in [-0.25, -0.2) is 0 Å². The molecule has 0 radical (unpaired) electrons. The summed E-state index contributed by atoms with van der Waals surface area (Å²) < 4.78 is 0. The van der Waals surface area contributed by atoms with E-state index in [9.17, 15) is 0 Å². The van der Waals surface area contributed by atoms with Gasteiger partial charge >= 0.3 is 0 Å². The van der Waals surface area contributed by atoms with Gasteiger partial charge in [0, 0.05) is 12.6 Å². The summed E-state index contributed by atoms with van der Waals surface area (Å²) in [4.78, 5) is 2.67. The molecule has 2 nitrogen and oxygen atoms in total. The fourth-order valence-electron chi connectivity index (χ4n) is 3.21. The Kier molecular flexibility index (Phi) is 3.91. The van der Waals surface area contributed by atoms with E-state index in [0.717, 1.165) is 12.0 Å². The minimum atomic E-state index is 0.512. The van der Waals surface area contributed by atoms with Crippen LogP contribution in [-0.4, -0.2) is 37.1 Å². The minimum absolute atomic E-state index is 0.512. The van der Waals surface area contributed by atoms with Crippen molar-refractivity contribution in [1.82, 2.24) is 10.2 Å². The highest BCUT2D eigenvalue weighted by Gasteiger charge is 2.29. The highest BCUT2D eigenvalue weighted by Crippen LogP contribution is 2.34. The molecule has 2 saturated heterocycles. The molecule has 0 amide bonds. The van der Waals surface area contributed by atoms with Gasteiger partial charge in [0.1, 0.15) is 0 Å². The summed E-state index contributed by atoms with van der Waals surface area (Å²) >= 11 is 0. The lowest BCUT2D eigenvalue weighted by molar-refractivity contribution is 0.107. The zero-order chi connectivity index (χ0) is 11.6. The van der Waals surface area contributed by atoms with Crippen LogP contribution in [-0.2, 0) is 0 Å². The first-order valence-electron chi connectivity index (χ1n) is 7.01. The van der Waals surface area contributed by atoms with Gasteiger partial charge in [-0.3, -0.25) is 0 Å². The summed E-state index contributed by atoms with van der Waals surface area (Å²) in [5, 5.41) is 3.60. The molecule has 94 valence electrons. The number of piperidine rings is 1. The van der Waals surface area contributed by atoms with E-state index >= 15 is 0 Å². The van der Waals surface area contributed by atoms with E-state index in [1.54, 1.807) is 0 Å². The second kappa shape index (κ2) is 5.05. The molecule has 0 aromatic heterocycles. The Labute approximate surface area is 101 Å². The third-order valence-electron chi connectivity index (χ3n) is 4.45. The first kappa shape index (κ1) is 12.4. The molecule has 0 aliphatic carbocycles. The van der Waals surface area contributed by atoms with Crippen molar-refractivity contribution in [2.45, 2.75) is 52.5 Å². The number of nitrogens with one attached hydrogen (secondary N) is 1. The molecule has 0 saturated carbocycles. The van der Waals surface area contributed by atoms with E-state index in [4.69, 9.17) is 0 Å². The van der Waals surface area contributed by atoms with Gasteiger partial charge in [-0.1, -0.05) is 20.8 Å². The molecule has 0 spiro atoms. The number of hydrogen-bond donors (Lipinski definition) is 1. The molecule has 2 heteroatoms. The first-order valence-corrected chi connectivity index (χ1v) is 7.01.